The lowest BCUT2D eigenvalue weighted by Gasteiger charge is -2.21. The number of phosphoric ester groups is 1. The van der Waals surface area contributed by atoms with E-state index >= 15 is 0 Å². The average molecular weight is 1030 g/mol. The normalized spacial score (nSPS) is 14.0. The van der Waals surface area contributed by atoms with E-state index < -0.39 is 57.8 Å². The summed E-state index contributed by atoms with van der Waals surface area (Å²) in [7, 11) is -4.76. The van der Waals surface area contributed by atoms with Crippen LogP contribution in [0.2, 0.25) is 0 Å². The molecule has 0 aliphatic heterocycles. The molecule has 0 spiro atoms. The highest BCUT2D eigenvalue weighted by Gasteiger charge is 2.28. The summed E-state index contributed by atoms with van der Waals surface area (Å²) >= 11 is 0. The molecule has 0 rings (SSSR count). The smallest absolute Gasteiger partial charge is 0.462 e. The van der Waals surface area contributed by atoms with E-state index in [1.165, 1.54) is 44.9 Å². The van der Waals surface area contributed by atoms with Crippen molar-refractivity contribution in [1.29, 1.82) is 0 Å². The van der Waals surface area contributed by atoms with Crippen molar-refractivity contribution in [3.05, 3.63) is 85.1 Å². The minimum absolute atomic E-state index is 0.133. The van der Waals surface area contributed by atoms with E-state index in [4.69, 9.17) is 23.3 Å². The van der Waals surface area contributed by atoms with Gasteiger partial charge in [0.15, 0.2) is 6.10 Å². The third kappa shape index (κ3) is 51.6. The second-order valence-electron chi connectivity index (χ2n) is 18.7. The van der Waals surface area contributed by atoms with Gasteiger partial charge < -0.3 is 24.2 Å². The van der Waals surface area contributed by atoms with Gasteiger partial charge in [-0.05, 0) is 109 Å². The van der Waals surface area contributed by atoms with Gasteiger partial charge in [-0.2, -0.15) is 0 Å². The number of esters is 3. The highest BCUT2D eigenvalue weighted by atomic mass is 31.2. The van der Waals surface area contributed by atoms with Crippen LogP contribution in [0.3, 0.4) is 0 Å². The van der Waals surface area contributed by atoms with Crippen molar-refractivity contribution in [3.63, 3.8) is 0 Å². The molecule has 11 nitrogen and oxygen atoms in total. The van der Waals surface area contributed by atoms with Crippen LogP contribution in [0.5, 0.6) is 0 Å². The summed E-state index contributed by atoms with van der Waals surface area (Å²) in [5, 5.41) is 9.81. The van der Waals surface area contributed by atoms with Gasteiger partial charge in [-0.15, -0.1) is 0 Å². The number of aliphatic hydroxyl groups is 1. The molecule has 0 fully saturated rings. The number of allylic oxidation sites excluding steroid dienone is 14. The molecule has 0 bridgehead atoms. The molecule has 0 amide bonds. The summed E-state index contributed by atoms with van der Waals surface area (Å²) < 4.78 is 39.5. The van der Waals surface area contributed by atoms with Gasteiger partial charge in [0.2, 0.25) is 0 Å². The lowest BCUT2D eigenvalue weighted by molar-refractivity contribution is -0.161. The van der Waals surface area contributed by atoms with Crippen LogP contribution in [0.1, 0.15) is 239 Å². The van der Waals surface area contributed by atoms with Gasteiger partial charge in [-0.1, -0.05) is 196 Å². The summed E-state index contributed by atoms with van der Waals surface area (Å²) in [6, 6.07) is 0. The Morgan fingerprint density at radius 2 is 0.750 bits per heavy atom. The molecule has 0 aliphatic rings. The SMILES string of the molecule is CC/C=C\C/C=C\C/C=C\C/C=C\CCCCCCC(=O)OC(COC(=O)CCCCCCC/C=C\C/C=C\CCC)COP(=O)(O)OCC(CO)OC(=O)CCCCCCC/C=C\CCCCCCCC. The first-order valence-electron chi connectivity index (χ1n) is 28.5. The van der Waals surface area contributed by atoms with Gasteiger partial charge in [0, 0.05) is 19.3 Å². The number of hydrogen-bond acceptors (Lipinski definition) is 10. The zero-order valence-electron chi connectivity index (χ0n) is 45.6. The number of unbranched alkanes of at least 4 members (excludes halogenated alkanes) is 21. The van der Waals surface area contributed by atoms with Crippen LogP contribution < -0.4 is 0 Å². The first-order chi connectivity index (χ1) is 35.2. The van der Waals surface area contributed by atoms with Crippen molar-refractivity contribution in [2.24, 2.45) is 0 Å². The van der Waals surface area contributed by atoms with Gasteiger partial charge in [0.1, 0.15) is 12.7 Å². The van der Waals surface area contributed by atoms with Gasteiger partial charge in [0.25, 0.3) is 0 Å². The molecule has 0 saturated heterocycles. The largest absolute Gasteiger partial charge is 0.472 e. The van der Waals surface area contributed by atoms with Gasteiger partial charge in [-0.25, -0.2) is 4.57 Å². The van der Waals surface area contributed by atoms with Crippen LogP contribution >= 0.6 is 7.82 Å². The van der Waals surface area contributed by atoms with Crippen molar-refractivity contribution >= 4 is 25.7 Å². The third-order valence-corrected chi connectivity index (χ3v) is 12.7. The molecule has 0 aromatic rings. The summed E-state index contributed by atoms with van der Waals surface area (Å²) in [6.45, 7) is 4.41. The Morgan fingerprint density at radius 1 is 0.403 bits per heavy atom. The number of phosphoric acid groups is 1. The highest BCUT2D eigenvalue weighted by Crippen LogP contribution is 2.43. The average Bonchev–Trinajstić information content (AvgIpc) is 3.37. The van der Waals surface area contributed by atoms with Crippen molar-refractivity contribution in [2.75, 3.05) is 26.4 Å². The maximum Gasteiger partial charge on any atom is 0.472 e. The minimum Gasteiger partial charge on any atom is -0.462 e. The molecular formula is C60H103O11P. The van der Waals surface area contributed by atoms with E-state index in [0.717, 1.165) is 135 Å². The molecule has 72 heavy (non-hydrogen) atoms. The Hall–Kier alpha value is -3.34. The fourth-order valence-corrected chi connectivity index (χ4v) is 8.22. The van der Waals surface area contributed by atoms with Crippen LogP contribution in [0, 0.1) is 0 Å². The fraction of sp³-hybridized carbons (Fsp3) is 0.717. The maximum absolute atomic E-state index is 12.9. The zero-order chi connectivity index (χ0) is 52.7. The second kappa shape index (κ2) is 53.9. The van der Waals surface area contributed by atoms with Crippen LogP contribution in [-0.4, -0.2) is 66.5 Å². The van der Waals surface area contributed by atoms with E-state index in [1.54, 1.807) is 0 Å². The topological polar surface area (TPSA) is 155 Å². The second-order valence-corrected chi connectivity index (χ2v) is 20.2. The molecular weight excluding hydrogens is 928 g/mol. The molecule has 0 aliphatic carbocycles. The van der Waals surface area contributed by atoms with Crippen molar-refractivity contribution in [3.8, 4) is 0 Å². The Labute approximate surface area is 439 Å². The van der Waals surface area contributed by atoms with E-state index in [2.05, 4.69) is 106 Å². The molecule has 0 heterocycles. The molecule has 0 aromatic heterocycles. The number of ether oxygens (including phenoxy) is 3. The number of aliphatic hydroxyl groups excluding tert-OH is 1. The van der Waals surface area contributed by atoms with Gasteiger partial charge >= 0.3 is 25.7 Å². The van der Waals surface area contributed by atoms with Crippen LogP contribution in [0.15, 0.2) is 85.1 Å². The lowest BCUT2D eigenvalue weighted by Crippen LogP contribution is -2.30. The molecule has 12 heteroatoms. The molecule has 2 N–H and O–H groups in total. The molecule has 414 valence electrons. The molecule has 3 atom stereocenters. The Bertz CT molecular complexity index is 1530. The molecule has 3 unspecified atom stereocenters. The Balaban J connectivity index is 4.78. The number of rotatable bonds is 52. The van der Waals surface area contributed by atoms with E-state index in [0.29, 0.717) is 19.3 Å². The number of hydrogen-bond donors (Lipinski definition) is 2. The Morgan fingerprint density at radius 3 is 1.18 bits per heavy atom. The van der Waals surface area contributed by atoms with E-state index in [9.17, 15) is 28.9 Å². The fourth-order valence-electron chi connectivity index (χ4n) is 7.44. The standard InChI is InChI=1S/C60H103O11P/c1-4-7-10-13-16-19-22-25-27-28-30-33-36-39-42-45-48-51-60(64)71-57(53-67-58(62)49-46-43-40-37-34-31-24-21-18-15-12-9-6-3)55-69-72(65,66)68-54-56(52-61)70-59(63)50-47-44-41-38-35-32-29-26-23-20-17-14-11-8-5-2/h7,10,12,15-16,19,21,24-27,29-30,33,56-57,61H,4-6,8-9,11,13-14,17-18,20,22-23,28,31-32,34-55H2,1-3H3,(H,65,66)/b10-7-,15-12-,19-16-,24-21-,27-25-,29-26-,33-30-. The summed E-state index contributed by atoms with van der Waals surface area (Å²) in [4.78, 5) is 48.5. The molecule has 0 aromatic carbocycles. The monoisotopic (exact) mass is 1030 g/mol. The predicted molar refractivity (Wildman–Crippen MR) is 298 cm³/mol. The molecule has 0 saturated carbocycles. The van der Waals surface area contributed by atoms with Crippen LogP contribution in [0.4, 0.5) is 0 Å². The van der Waals surface area contributed by atoms with Crippen molar-refractivity contribution in [2.45, 2.75) is 251 Å². The highest BCUT2D eigenvalue weighted by molar-refractivity contribution is 7.47. The van der Waals surface area contributed by atoms with Gasteiger partial charge in [-0.3, -0.25) is 23.4 Å². The number of carbonyl (C=O) groups is 3. The first kappa shape index (κ1) is 68.7. The summed E-state index contributed by atoms with van der Waals surface area (Å²) in [5.74, 6) is -1.52. The number of carbonyl (C=O) groups excluding carboxylic acids is 3. The lowest BCUT2D eigenvalue weighted by atomic mass is 10.1. The third-order valence-electron chi connectivity index (χ3n) is 11.8. The van der Waals surface area contributed by atoms with E-state index in [1.807, 2.05) is 0 Å². The van der Waals surface area contributed by atoms with Crippen LogP contribution in [-0.2, 0) is 42.2 Å². The zero-order valence-corrected chi connectivity index (χ0v) is 46.5. The summed E-state index contributed by atoms with van der Waals surface area (Å²) in [5.41, 5.74) is 0. The summed E-state index contributed by atoms with van der Waals surface area (Å²) in [6.07, 6.45) is 61.1. The first-order valence-corrected chi connectivity index (χ1v) is 30.0. The van der Waals surface area contributed by atoms with Crippen molar-refractivity contribution < 1.29 is 52.2 Å². The predicted octanol–water partition coefficient (Wildman–Crippen LogP) is 16.7. The van der Waals surface area contributed by atoms with Gasteiger partial charge in [0.05, 0.1) is 19.8 Å². The Kier molecular flexibility index (Phi) is 51.4. The van der Waals surface area contributed by atoms with E-state index in [-0.39, 0.29) is 25.9 Å². The van der Waals surface area contributed by atoms with Crippen LogP contribution in [0.25, 0.3) is 0 Å². The quantitative estimate of drug-likeness (QED) is 0.0197. The maximum atomic E-state index is 12.9. The van der Waals surface area contributed by atoms with Crippen molar-refractivity contribution in [1.82, 2.24) is 0 Å². The molecule has 0 radical (unpaired) electrons. The minimum atomic E-state index is -4.76.